The van der Waals surface area contributed by atoms with Crippen LogP contribution in [0.4, 0.5) is 0 Å². The number of nitrogens with zero attached hydrogens (tertiary/aromatic N) is 2. The Kier molecular flexibility index (Phi) is 2.84. The first-order valence-electron chi connectivity index (χ1n) is 5.41. The summed E-state index contributed by atoms with van der Waals surface area (Å²) >= 11 is 9.69. The molecule has 0 amide bonds. The molecule has 0 unspecified atom stereocenters. The van der Waals surface area contributed by atoms with Crippen molar-refractivity contribution in [3.63, 3.8) is 0 Å². The molecule has 1 aromatic carbocycles. The second kappa shape index (κ2) is 4.37. The predicted molar refractivity (Wildman–Crippen MR) is 76.8 cm³/mol. The molecule has 0 aliphatic carbocycles. The van der Waals surface area contributed by atoms with Gasteiger partial charge in [0.05, 0.1) is 28.1 Å². The largest absolute Gasteiger partial charge is 0.359 e. The molecule has 18 heavy (non-hydrogen) atoms. The molecule has 0 aliphatic rings. The van der Waals surface area contributed by atoms with Crippen molar-refractivity contribution in [1.82, 2.24) is 15.0 Å². The summed E-state index contributed by atoms with van der Waals surface area (Å²) in [5.41, 5.74) is 3.65. The minimum atomic E-state index is 0.694. The minimum Gasteiger partial charge on any atom is -0.359 e. The molecule has 2 heterocycles. The summed E-state index contributed by atoms with van der Waals surface area (Å²) in [6.07, 6.45) is 5.41. The van der Waals surface area contributed by atoms with Crippen LogP contribution in [0.3, 0.4) is 0 Å². The second-order valence-electron chi connectivity index (χ2n) is 4.02. The van der Waals surface area contributed by atoms with Crippen molar-refractivity contribution in [3.8, 4) is 11.3 Å². The Balaban J connectivity index is 2.32. The van der Waals surface area contributed by atoms with Gasteiger partial charge in [-0.2, -0.15) is 0 Å². The number of hydrogen-bond acceptors (Lipinski definition) is 2. The van der Waals surface area contributed by atoms with E-state index in [0.717, 1.165) is 32.3 Å². The van der Waals surface area contributed by atoms with Crippen molar-refractivity contribution < 1.29 is 0 Å². The number of fused-ring (bicyclic) bond motifs is 1. The maximum atomic E-state index is 6.17. The molecule has 3 rings (SSSR count). The van der Waals surface area contributed by atoms with Gasteiger partial charge in [-0.15, -0.1) is 0 Å². The fourth-order valence-corrected chi connectivity index (χ4v) is 2.66. The van der Waals surface area contributed by atoms with E-state index >= 15 is 0 Å². The molecule has 0 fully saturated rings. The second-order valence-corrected chi connectivity index (χ2v) is 5.29. The molecule has 3 nitrogen and oxygen atoms in total. The monoisotopic (exact) mass is 321 g/mol. The number of aryl methyl sites for hydroxylation is 1. The first-order valence-corrected chi connectivity index (χ1v) is 6.58. The summed E-state index contributed by atoms with van der Waals surface area (Å²) in [6, 6.07) is 3.83. The molecular weight excluding hydrogens is 314 g/mol. The van der Waals surface area contributed by atoms with Crippen LogP contribution >= 0.6 is 27.5 Å². The Morgan fingerprint density at radius 3 is 2.78 bits per heavy atom. The number of rotatable bonds is 1. The van der Waals surface area contributed by atoms with Gasteiger partial charge >= 0.3 is 0 Å². The van der Waals surface area contributed by atoms with Gasteiger partial charge in [-0.3, -0.25) is 9.97 Å². The fraction of sp³-hybridized carbons (Fsp3) is 0.0769. The van der Waals surface area contributed by atoms with Gasteiger partial charge in [-0.1, -0.05) is 17.7 Å². The van der Waals surface area contributed by atoms with Gasteiger partial charge in [-0.25, -0.2) is 0 Å². The van der Waals surface area contributed by atoms with Gasteiger partial charge in [0.15, 0.2) is 0 Å². The lowest BCUT2D eigenvalue weighted by Gasteiger charge is -2.05. The molecule has 0 saturated carbocycles. The summed E-state index contributed by atoms with van der Waals surface area (Å²) in [5.74, 6) is 0. The topological polar surface area (TPSA) is 41.6 Å². The van der Waals surface area contributed by atoms with Crippen molar-refractivity contribution in [2.75, 3.05) is 0 Å². The van der Waals surface area contributed by atoms with Crippen LogP contribution in [0.5, 0.6) is 0 Å². The van der Waals surface area contributed by atoms with Gasteiger partial charge in [0.1, 0.15) is 0 Å². The van der Waals surface area contributed by atoms with Gasteiger partial charge in [0, 0.05) is 27.8 Å². The van der Waals surface area contributed by atoms with Crippen LogP contribution in [0.25, 0.3) is 22.2 Å². The molecule has 0 saturated heterocycles. The van der Waals surface area contributed by atoms with Crippen LogP contribution in [0.15, 0.2) is 35.2 Å². The zero-order valence-corrected chi connectivity index (χ0v) is 11.9. The van der Waals surface area contributed by atoms with E-state index in [1.807, 2.05) is 25.3 Å². The van der Waals surface area contributed by atoms with Crippen LogP contribution in [-0.2, 0) is 0 Å². The van der Waals surface area contributed by atoms with E-state index in [1.165, 1.54) is 0 Å². The lowest BCUT2D eigenvalue weighted by molar-refractivity contribution is 1.12. The van der Waals surface area contributed by atoms with Gasteiger partial charge in [0.25, 0.3) is 0 Å². The molecule has 0 radical (unpaired) electrons. The maximum Gasteiger partial charge on any atom is 0.0892 e. The van der Waals surface area contributed by atoms with Crippen LogP contribution in [0.2, 0.25) is 5.02 Å². The van der Waals surface area contributed by atoms with Crippen LogP contribution in [0.1, 0.15) is 5.69 Å². The fourth-order valence-electron chi connectivity index (χ4n) is 1.92. The third-order valence-electron chi connectivity index (χ3n) is 2.79. The highest BCUT2D eigenvalue weighted by Crippen LogP contribution is 2.36. The van der Waals surface area contributed by atoms with E-state index < -0.39 is 0 Å². The van der Waals surface area contributed by atoms with E-state index in [-0.39, 0.29) is 0 Å². The molecular formula is C13H9BrClN3. The molecule has 0 aliphatic heterocycles. The summed E-state index contributed by atoms with van der Waals surface area (Å²) < 4.78 is 0.970. The maximum absolute atomic E-state index is 6.17. The van der Waals surface area contributed by atoms with Crippen LogP contribution < -0.4 is 0 Å². The lowest BCUT2D eigenvalue weighted by Crippen LogP contribution is -1.89. The summed E-state index contributed by atoms with van der Waals surface area (Å²) in [7, 11) is 0. The highest BCUT2D eigenvalue weighted by Gasteiger charge is 2.12. The standard InChI is InChI=1S/C13H9BrClN3/c1-7-4-17-11(6-16-7)8-2-3-10(15)13-12(8)9(14)5-18-13/h2-6,18H,1H3. The molecule has 3 aromatic rings. The average molecular weight is 323 g/mol. The number of aromatic amines is 1. The van der Waals surface area contributed by atoms with Crippen LogP contribution in [-0.4, -0.2) is 15.0 Å². The lowest BCUT2D eigenvalue weighted by atomic mass is 10.1. The van der Waals surface area contributed by atoms with E-state index in [2.05, 4.69) is 30.9 Å². The number of halogens is 2. The molecule has 1 N–H and O–H groups in total. The first kappa shape index (κ1) is 11.7. The predicted octanol–water partition coefficient (Wildman–Crippen LogP) is 4.35. The van der Waals surface area contributed by atoms with Gasteiger partial charge in [-0.05, 0) is 28.9 Å². The Hall–Kier alpha value is -1.39. The smallest absolute Gasteiger partial charge is 0.0892 e. The Morgan fingerprint density at radius 1 is 1.22 bits per heavy atom. The van der Waals surface area contributed by atoms with E-state index in [0.29, 0.717) is 5.02 Å². The van der Waals surface area contributed by atoms with E-state index in [1.54, 1.807) is 12.4 Å². The molecule has 2 aromatic heterocycles. The number of hydrogen-bond donors (Lipinski definition) is 1. The highest BCUT2D eigenvalue weighted by molar-refractivity contribution is 9.10. The molecule has 0 spiro atoms. The SMILES string of the molecule is Cc1cnc(-c2ccc(Cl)c3[nH]cc(Br)c23)cn1. The number of H-pyrrole nitrogens is 1. The average Bonchev–Trinajstić information content (AvgIpc) is 2.75. The number of benzene rings is 1. The summed E-state index contributed by atoms with van der Waals surface area (Å²) in [6.45, 7) is 1.92. The Labute approximate surface area is 117 Å². The summed E-state index contributed by atoms with van der Waals surface area (Å²) in [4.78, 5) is 11.8. The molecule has 0 atom stereocenters. The molecule has 90 valence electrons. The van der Waals surface area contributed by atoms with Crippen molar-refractivity contribution in [2.24, 2.45) is 0 Å². The van der Waals surface area contributed by atoms with Crippen molar-refractivity contribution in [2.45, 2.75) is 6.92 Å². The quantitative estimate of drug-likeness (QED) is 0.723. The van der Waals surface area contributed by atoms with Crippen molar-refractivity contribution >= 4 is 38.4 Å². The van der Waals surface area contributed by atoms with Gasteiger partial charge < -0.3 is 4.98 Å². The molecule has 0 bridgehead atoms. The van der Waals surface area contributed by atoms with Crippen molar-refractivity contribution in [3.05, 3.63) is 45.9 Å². The first-order chi connectivity index (χ1) is 8.66. The number of nitrogens with one attached hydrogen (secondary N) is 1. The number of aromatic nitrogens is 3. The van der Waals surface area contributed by atoms with E-state index in [4.69, 9.17) is 11.6 Å². The Morgan fingerprint density at radius 2 is 2.06 bits per heavy atom. The van der Waals surface area contributed by atoms with Crippen LogP contribution in [0, 0.1) is 6.92 Å². The Bertz CT molecular complexity index is 719. The minimum absolute atomic E-state index is 0.694. The zero-order chi connectivity index (χ0) is 12.7. The summed E-state index contributed by atoms with van der Waals surface area (Å²) in [5, 5.41) is 1.72. The normalized spacial score (nSPS) is 11.1. The highest BCUT2D eigenvalue weighted by atomic mass is 79.9. The van der Waals surface area contributed by atoms with E-state index in [9.17, 15) is 0 Å². The zero-order valence-electron chi connectivity index (χ0n) is 9.54. The van der Waals surface area contributed by atoms with Gasteiger partial charge in [0.2, 0.25) is 0 Å². The molecule has 5 heteroatoms. The van der Waals surface area contributed by atoms with Crippen molar-refractivity contribution in [1.29, 1.82) is 0 Å². The third kappa shape index (κ3) is 1.82. The third-order valence-corrected chi connectivity index (χ3v) is 3.73.